The second-order valence-corrected chi connectivity index (χ2v) is 6.61. The monoisotopic (exact) mass is 359 g/mol. The number of imidazole rings is 1. The highest BCUT2D eigenvalue weighted by Gasteiger charge is 2.42. The van der Waals surface area contributed by atoms with Gasteiger partial charge in [-0.25, -0.2) is 4.98 Å². The molecule has 7 heteroatoms. The van der Waals surface area contributed by atoms with Crippen LogP contribution < -0.4 is 5.32 Å². The highest BCUT2D eigenvalue weighted by atomic mass is 16.3. The molecule has 0 aliphatic carbocycles. The van der Waals surface area contributed by atoms with E-state index in [1.807, 2.05) is 30.3 Å². The van der Waals surface area contributed by atoms with Gasteiger partial charge >= 0.3 is 0 Å². The summed E-state index contributed by atoms with van der Waals surface area (Å²) in [6.07, 6.45) is 1.13. The molecule has 2 unspecified atom stereocenters. The summed E-state index contributed by atoms with van der Waals surface area (Å²) in [7, 11) is 0. The van der Waals surface area contributed by atoms with Crippen LogP contribution in [0.15, 0.2) is 36.5 Å². The number of aliphatic hydroxyl groups is 3. The van der Waals surface area contributed by atoms with Crippen molar-refractivity contribution in [2.45, 2.75) is 50.5 Å². The minimum atomic E-state index is -1.22. The number of aryl methyl sites for hydroxylation is 2. The molecule has 1 aromatic carbocycles. The highest BCUT2D eigenvalue weighted by Crippen LogP contribution is 2.32. The standard InChI is InChI=1S/C19H25N3O4/c1-2-15(24)21-16-18(26)17(25)14(11-23)22-10-13(20-19(16)22)9-8-12-6-4-3-5-7-12/h3-7,10,14,16-18,23,25-26H,2,8-9,11H2,1H3,(H,21,24)/t14?,16?,17-,18-/m1/s1. The minimum Gasteiger partial charge on any atom is -0.394 e. The van der Waals surface area contributed by atoms with Crippen molar-refractivity contribution >= 4 is 5.91 Å². The Hall–Kier alpha value is -2.22. The van der Waals surface area contributed by atoms with E-state index in [-0.39, 0.29) is 18.9 Å². The summed E-state index contributed by atoms with van der Waals surface area (Å²) in [5.74, 6) is 0.232. The number of rotatable bonds is 6. The number of hydrogen-bond acceptors (Lipinski definition) is 5. The molecule has 7 nitrogen and oxygen atoms in total. The van der Waals surface area contributed by atoms with Crippen LogP contribution in [0.5, 0.6) is 0 Å². The predicted octanol–water partition coefficient (Wildman–Crippen LogP) is 0.504. The van der Waals surface area contributed by atoms with E-state index in [1.54, 1.807) is 17.7 Å². The van der Waals surface area contributed by atoms with Crippen molar-refractivity contribution in [2.75, 3.05) is 6.61 Å². The molecule has 2 heterocycles. The van der Waals surface area contributed by atoms with Crippen LogP contribution >= 0.6 is 0 Å². The Morgan fingerprint density at radius 2 is 1.92 bits per heavy atom. The molecule has 1 aliphatic rings. The number of aromatic nitrogens is 2. The molecule has 2 aromatic rings. The second kappa shape index (κ2) is 7.99. The molecule has 4 N–H and O–H groups in total. The van der Waals surface area contributed by atoms with Crippen molar-refractivity contribution in [2.24, 2.45) is 0 Å². The van der Waals surface area contributed by atoms with Crippen molar-refractivity contribution in [3.63, 3.8) is 0 Å². The van der Waals surface area contributed by atoms with E-state index >= 15 is 0 Å². The first kappa shape index (κ1) is 18.6. The second-order valence-electron chi connectivity index (χ2n) is 6.61. The molecule has 0 spiro atoms. The zero-order chi connectivity index (χ0) is 18.7. The van der Waals surface area contributed by atoms with E-state index in [0.29, 0.717) is 12.2 Å². The van der Waals surface area contributed by atoms with Crippen LogP contribution in [0.3, 0.4) is 0 Å². The maximum Gasteiger partial charge on any atom is 0.220 e. The molecular weight excluding hydrogens is 334 g/mol. The number of nitrogens with one attached hydrogen (secondary N) is 1. The molecule has 0 bridgehead atoms. The van der Waals surface area contributed by atoms with Crippen LogP contribution in [0.4, 0.5) is 0 Å². The Morgan fingerprint density at radius 1 is 1.19 bits per heavy atom. The van der Waals surface area contributed by atoms with Gasteiger partial charge < -0.3 is 25.2 Å². The van der Waals surface area contributed by atoms with Gasteiger partial charge in [0.25, 0.3) is 0 Å². The maximum atomic E-state index is 11.8. The third kappa shape index (κ3) is 3.65. The van der Waals surface area contributed by atoms with E-state index in [4.69, 9.17) is 0 Å². The summed E-state index contributed by atoms with van der Waals surface area (Å²) < 4.78 is 1.68. The third-order valence-electron chi connectivity index (χ3n) is 4.87. The normalized spacial score (nSPS) is 24.9. The molecule has 4 atom stereocenters. The summed E-state index contributed by atoms with van der Waals surface area (Å²) in [5.41, 5.74) is 1.98. The average molecular weight is 359 g/mol. The summed E-state index contributed by atoms with van der Waals surface area (Å²) >= 11 is 0. The van der Waals surface area contributed by atoms with Crippen molar-refractivity contribution in [3.8, 4) is 0 Å². The Balaban J connectivity index is 1.86. The van der Waals surface area contributed by atoms with Gasteiger partial charge in [-0.1, -0.05) is 37.3 Å². The SMILES string of the molecule is CCC(=O)NC1c2nc(CCc3ccccc3)cn2C(CO)[C@@H](O)[C@@H]1O. The fourth-order valence-electron chi connectivity index (χ4n) is 3.36. The van der Waals surface area contributed by atoms with Crippen LogP contribution in [0, 0.1) is 0 Å². The summed E-state index contributed by atoms with van der Waals surface area (Å²) in [4.78, 5) is 16.4. The predicted molar refractivity (Wildman–Crippen MR) is 95.4 cm³/mol. The fraction of sp³-hybridized carbons (Fsp3) is 0.474. The lowest BCUT2D eigenvalue weighted by Crippen LogP contribution is -2.51. The number of nitrogens with zero attached hydrogens (tertiary/aromatic N) is 2. The maximum absolute atomic E-state index is 11.8. The largest absolute Gasteiger partial charge is 0.394 e. The van der Waals surface area contributed by atoms with E-state index in [1.165, 1.54) is 5.56 Å². The highest BCUT2D eigenvalue weighted by molar-refractivity contribution is 5.76. The van der Waals surface area contributed by atoms with Gasteiger partial charge in [-0.05, 0) is 18.4 Å². The lowest BCUT2D eigenvalue weighted by molar-refractivity contribution is -0.125. The lowest BCUT2D eigenvalue weighted by atomic mass is 9.94. The zero-order valence-electron chi connectivity index (χ0n) is 14.7. The Kier molecular flexibility index (Phi) is 5.70. The Bertz CT molecular complexity index is 746. The first-order chi connectivity index (χ1) is 12.5. The molecule has 0 saturated heterocycles. The number of aliphatic hydroxyl groups excluding tert-OH is 3. The number of hydrogen-bond donors (Lipinski definition) is 4. The van der Waals surface area contributed by atoms with Gasteiger partial charge in [-0.15, -0.1) is 0 Å². The first-order valence-electron chi connectivity index (χ1n) is 8.93. The van der Waals surface area contributed by atoms with Gasteiger partial charge in [-0.3, -0.25) is 4.79 Å². The van der Waals surface area contributed by atoms with Gasteiger partial charge in [-0.2, -0.15) is 0 Å². The molecular formula is C19H25N3O4. The van der Waals surface area contributed by atoms with Crippen molar-refractivity contribution in [3.05, 3.63) is 53.6 Å². The molecule has 0 fully saturated rings. The van der Waals surface area contributed by atoms with Gasteiger partial charge in [0, 0.05) is 12.6 Å². The van der Waals surface area contributed by atoms with E-state index in [9.17, 15) is 20.1 Å². The third-order valence-corrected chi connectivity index (χ3v) is 4.87. The Morgan fingerprint density at radius 3 is 2.58 bits per heavy atom. The summed E-state index contributed by atoms with van der Waals surface area (Å²) in [6.45, 7) is 1.39. The van der Waals surface area contributed by atoms with Crippen molar-refractivity contribution in [1.29, 1.82) is 0 Å². The van der Waals surface area contributed by atoms with E-state index in [0.717, 1.165) is 12.1 Å². The minimum absolute atomic E-state index is 0.232. The Labute approximate surface area is 152 Å². The summed E-state index contributed by atoms with van der Waals surface area (Å²) in [6, 6.07) is 8.54. The molecule has 1 aromatic heterocycles. The molecule has 26 heavy (non-hydrogen) atoms. The molecule has 0 saturated carbocycles. The van der Waals surface area contributed by atoms with Gasteiger partial charge in [0.1, 0.15) is 24.1 Å². The number of benzene rings is 1. The number of amides is 1. The van der Waals surface area contributed by atoms with Crippen LogP contribution in [0.25, 0.3) is 0 Å². The van der Waals surface area contributed by atoms with Crippen LogP contribution in [-0.4, -0.2) is 49.6 Å². The summed E-state index contributed by atoms with van der Waals surface area (Å²) in [5, 5.41) is 33.1. The van der Waals surface area contributed by atoms with Crippen LogP contribution in [0.1, 0.15) is 42.5 Å². The molecule has 0 radical (unpaired) electrons. The topological polar surface area (TPSA) is 108 Å². The van der Waals surface area contributed by atoms with Crippen molar-refractivity contribution < 1.29 is 20.1 Å². The van der Waals surface area contributed by atoms with Crippen LogP contribution in [0.2, 0.25) is 0 Å². The smallest absolute Gasteiger partial charge is 0.220 e. The molecule has 3 rings (SSSR count). The quantitative estimate of drug-likeness (QED) is 0.601. The average Bonchev–Trinajstić information content (AvgIpc) is 3.08. The number of carbonyl (C=O) groups excluding carboxylic acids is 1. The number of fused-ring (bicyclic) bond motifs is 1. The lowest BCUT2D eigenvalue weighted by Gasteiger charge is -2.38. The van der Waals surface area contributed by atoms with E-state index < -0.39 is 24.3 Å². The molecule has 1 amide bonds. The molecule has 140 valence electrons. The fourth-order valence-corrected chi connectivity index (χ4v) is 3.36. The first-order valence-corrected chi connectivity index (χ1v) is 8.93. The van der Waals surface area contributed by atoms with Crippen molar-refractivity contribution in [1.82, 2.24) is 14.9 Å². The van der Waals surface area contributed by atoms with E-state index in [2.05, 4.69) is 10.3 Å². The zero-order valence-corrected chi connectivity index (χ0v) is 14.7. The van der Waals surface area contributed by atoms with Gasteiger partial charge in [0.05, 0.1) is 18.3 Å². The van der Waals surface area contributed by atoms with Gasteiger partial charge in [0.2, 0.25) is 5.91 Å². The van der Waals surface area contributed by atoms with Gasteiger partial charge in [0.15, 0.2) is 0 Å². The number of carbonyl (C=O) groups is 1. The molecule has 1 aliphatic heterocycles. The van der Waals surface area contributed by atoms with Crippen LogP contribution in [-0.2, 0) is 17.6 Å².